The summed E-state index contributed by atoms with van der Waals surface area (Å²) in [5.41, 5.74) is 0. The molecule has 1 fully saturated rings. The minimum Gasteiger partial charge on any atom is -0.314 e. The summed E-state index contributed by atoms with van der Waals surface area (Å²) in [7, 11) is -3.09. The fourth-order valence-corrected chi connectivity index (χ4v) is 4.13. The average Bonchev–Trinajstić information content (AvgIpc) is 3.10. The van der Waals surface area contributed by atoms with Crippen LogP contribution < -0.4 is 5.32 Å². The van der Waals surface area contributed by atoms with E-state index in [1.807, 2.05) is 0 Å². The molecule has 0 aromatic heterocycles. The van der Waals surface area contributed by atoms with Gasteiger partial charge < -0.3 is 5.32 Å². The Morgan fingerprint density at radius 1 is 1.05 bits per heavy atom. The summed E-state index contributed by atoms with van der Waals surface area (Å²) < 4.78 is 26.5. The predicted molar refractivity (Wildman–Crippen MR) is 85.3 cm³/mol. The van der Waals surface area contributed by atoms with Crippen LogP contribution in [-0.2, 0) is 10.0 Å². The van der Waals surface area contributed by atoms with Gasteiger partial charge in [0.25, 0.3) is 0 Å². The first-order valence-corrected chi connectivity index (χ1v) is 9.63. The summed E-state index contributed by atoms with van der Waals surface area (Å²) in [6, 6.07) is 0.713. The number of rotatable bonds is 11. The van der Waals surface area contributed by atoms with E-state index in [0.717, 1.165) is 19.4 Å². The van der Waals surface area contributed by atoms with Crippen molar-refractivity contribution in [3.63, 3.8) is 0 Å². The van der Waals surface area contributed by atoms with Crippen LogP contribution in [-0.4, -0.2) is 44.2 Å². The van der Waals surface area contributed by atoms with Crippen molar-refractivity contribution in [2.24, 2.45) is 11.8 Å². The maximum Gasteiger partial charge on any atom is 0.214 e. The number of nitrogens with zero attached hydrogens (tertiary/aromatic N) is 1. The summed E-state index contributed by atoms with van der Waals surface area (Å²) in [5.74, 6) is 1.04. The molecule has 0 aromatic rings. The van der Waals surface area contributed by atoms with Crippen LogP contribution in [0.15, 0.2) is 0 Å². The Morgan fingerprint density at radius 3 is 2.05 bits per heavy atom. The van der Waals surface area contributed by atoms with Gasteiger partial charge in [0.2, 0.25) is 10.0 Å². The highest BCUT2D eigenvalue weighted by Crippen LogP contribution is 2.18. The van der Waals surface area contributed by atoms with E-state index in [1.165, 1.54) is 12.8 Å². The van der Waals surface area contributed by atoms with Crippen LogP contribution in [0.25, 0.3) is 0 Å². The monoisotopic (exact) mass is 304 g/mol. The van der Waals surface area contributed by atoms with Gasteiger partial charge in [0.05, 0.1) is 5.75 Å². The molecule has 0 heterocycles. The first kappa shape index (κ1) is 17.9. The molecule has 0 amide bonds. The second kappa shape index (κ2) is 8.35. The lowest BCUT2D eigenvalue weighted by Crippen LogP contribution is -2.38. The van der Waals surface area contributed by atoms with Gasteiger partial charge in [-0.15, -0.1) is 0 Å². The highest BCUT2D eigenvalue weighted by molar-refractivity contribution is 7.89. The van der Waals surface area contributed by atoms with Gasteiger partial charge in [0.15, 0.2) is 0 Å². The topological polar surface area (TPSA) is 49.4 Å². The number of nitrogens with one attached hydrogen (secondary N) is 1. The van der Waals surface area contributed by atoms with Gasteiger partial charge in [-0.1, -0.05) is 27.7 Å². The fraction of sp³-hybridized carbons (Fsp3) is 1.00. The van der Waals surface area contributed by atoms with Gasteiger partial charge in [-0.3, -0.25) is 0 Å². The van der Waals surface area contributed by atoms with Gasteiger partial charge in [0.1, 0.15) is 0 Å². The molecule has 1 aliphatic carbocycles. The van der Waals surface area contributed by atoms with E-state index in [2.05, 4.69) is 33.0 Å². The van der Waals surface area contributed by atoms with Crippen molar-refractivity contribution in [1.82, 2.24) is 9.62 Å². The minimum atomic E-state index is -3.09. The van der Waals surface area contributed by atoms with Gasteiger partial charge in [-0.05, 0) is 44.1 Å². The molecular weight excluding hydrogens is 272 g/mol. The van der Waals surface area contributed by atoms with Gasteiger partial charge in [0, 0.05) is 19.1 Å². The first-order chi connectivity index (χ1) is 9.31. The standard InChI is InChI=1S/C15H32N2O2S/c1-13(2)11-17(12-14(3)4)20(18,19)10-6-5-9-16-15-7-8-15/h13-16H,5-12H2,1-4H3. The Labute approximate surface area is 125 Å². The molecule has 20 heavy (non-hydrogen) atoms. The normalized spacial score (nSPS) is 16.6. The molecule has 1 aliphatic rings. The molecule has 0 saturated heterocycles. The molecular formula is C15H32N2O2S. The maximum atomic E-state index is 12.4. The molecule has 0 bridgehead atoms. The SMILES string of the molecule is CC(C)CN(CC(C)C)S(=O)(=O)CCCCNC1CC1. The molecule has 1 rings (SSSR count). The summed E-state index contributed by atoms with van der Waals surface area (Å²) in [6.45, 7) is 10.5. The number of sulfonamides is 1. The predicted octanol–water partition coefficient (Wildman–Crippen LogP) is 2.46. The van der Waals surface area contributed by atoms with Crippen molar-refractivity contribution in [2.45, 2.75) is 59.4 Å². The van der Waals surface area contributed by atoms with Crippen LogP contribution in [0, 0.1) is 11.8 Å². The lowest BCUT2D eigenvalue weighted by atomic mass is 10.2. The van der Waals surface area contributed by atoms with E-state index in [4.69, 9.17) is 0 Å². The molecule has 0 spiro atoms. The zero-order chi connectivity index (χ0) is 15.2. The second-order valence-corrected chi connectivity index (χ2v) is 8.94. The van der Waals surface area contributed by atoms with Gasteiger partial charge in [-0.25, -0.2) is 12.7 Å². The highest BCUT2D eigenvalue weighted by atomic mass is 32.2. The van der Waals surface area contributed by atoms with E-state index in [0.29, 0.717) is 36.7 Å². The van der Waals surface area contributed by atoms with Crippen LogP contribution >= 0.6 is 0 Å². The van der Waals surface area contributed by atoms with Crippen LogP contribution in [0.3, 0.4) is 0 Å². The molecule has 120 valence electrons. The third-order valence-corrected chi connectivity index (χ3v) is 5.26. The van der Waals surface area contributed by atoms with Crippen molar-refractivity contribution < 1.29 is 8.42 Å². The summed E-state index contributed by atoms with van der Waals surface area (Å²) in [6.07, 6.45) is 4.28. The Balaban J connectivity index is 2.35. The van der Waals surface area contributed by atoms with Crippen molar-refractivity contribution in [3.8, 4) is 0 Å². The van der Waals surface area contributed by atoms with Crippen LogP contribution in [0.1, 0.15) is 53.4 Å². The molecule has 0 unspecified atom stereocenters. The lowest BCUT2D eigenvalue weighted by molar-refractivity contribution is 0.333. The lowest BCUT2D eigenvalue weighted by Gasteiger charge is -2.25. The second-order valence-electron chi connectivity index (χ2n) is 6.86. The van der Waals surface area contributed by atoms with E-state index in [1.54, 1.807) is 4.31 Å². The van der Waals surface area contributed by atoms with Gasteiger partial charge in [-0.2, -0.15) is 0 Å². The maximum absolute atomic E-state index is 12.4. The van der Waals surface area contributed by atoms with Crippen molar-refractivity contribution in [1.29, 1.82) is 0 Å². The van der Waals surface area contributed by atoms with Crippen LogP contribution in [0.2, 0.25) is 0 Å². The summed E-state index contributed by atoms with van der Waals surface area (Å²) in [5, 5.41) is 3.43. The molecule has 0 radical (unpaired) electrons. The first-order valence-electron chi connectivity index (χ1n) is 8.02. The van der Waals surface area contributed by atoms with E-state index in [-0.39, 0.29) is 0 Å². The molecule has 0 aromatic carbocycles. The van der Waals surface area contributed by atoms with E-state index >= 15 is 0 Å². The molecule has 1 N–H and O–H groups in total. The molecule has 0 atom stereocenters. The number of unbranched alkanes of at least 4 members (excludes halogenated alkanes) is 1. The molecule has 0 aliphatic heterocycles. The quantitative estimate of drug-likeness (QED) is 0.597. The zero-order valence-corrected chi connectivity index (χ0v) is 14.4. The fourth-order valence-electron chi connectivity index (χ4n) is 2.25. The molecule has 4 nitrogen and oxygen atoms in total. The number of hydrogen-bond acceptors (Lipinski definition) is 3. The Morgan fingerprint density at radius 2 is 1.60 bits per heavy atom. The molecule has 5 heteroatoms. The highest BCUT2D eigenvalue weighted by Gasteiger charge is 2.23. The minimum absolute atomic E-state index is 0.290. The largest absolute Gasteiger partial charge is 0.314 e. The average molecular weight is 304 g/mol. The van der Waals surface area contributed by atoms with E-state index < -0.39 is 10.0 Å². The van der Waals surface area contributed by atoms with E-state index in [9.17, 15) is 8.42 Å². The zero-order valence-electron chi connectivity index (χ0n) is 13.6. The van der Waals surface area contributed by atoms with Crippen LogP contribution in [0.4, 0.5) is 0 Å². The smallest absolute Gasteiger partial charge is 0.214 e. The Hall–Kier alpha value is -0.130. The van der Waals surface area contributed by atoms with Crippen molar-refractivity contribution in [2.75, 3.05) is 25.4 Å². The summed E-state index contributed by atoms with van der Waals surface area (Å²) in [4.78, 5) is 0. The Bertz CT molecular complexity index is 352. The third kappa shape index (κ3) is 7.60. The third-order valence-electron chi connectivity index (χ3n) is 3.37. The summed E-state index contributed by atoms with van der Waals surface area (Å²) >= 11 is 0. The van der Waals surface area contributed by atoms with Crippen LogP contribution in [0.5, 0.6) is 0 Å². The van der Waals surface area contributed by atoms with Gasteiger partial charge >= 0.3 is 0 Å². The number of hydrogen-bond donors (Lipinski definition) is 1. The Kier molecular flexibility index (Phi) is 7.48. The molecule has 1 saturated carbocycles. The van der Waals surface area contributed by atoms with Crippen molar-refractivity contribution in [3.05, 3.63) is 0 Å². The van der Waals surface area contributed by atoms with Crippen molar-refractivity contribution >= 4 is 10.0 Å².